The first-order valence-electron chi connectivity index (χ1n) is 5.10. The third-order valence-electron chi connectivity index (χ3n) is 2.60. The minimum absolute atomic E-state index is 0.0985. The zero-order valence-corrected chi connectivity index (χ0v) is 9.88. The molecule has 1 aromatic rings. The smallest absolute Gasteiger partial charge is 0.228 e. The number of amides is 1. The van der Waals surface area contributed by atoms with Gasteiger partial charge in [-0.25, -0.2) is 0 Å². The van der Waals surface area contributed by atoms with Gasteiger partial charge in [0.2, 0.25) is 5.91 Å². The van der Waals surface area contributed by atoms with Crippen LogP contribution in [0, 0.1) is 0 Å². The molecule has 1 aliphatic rings. The number of hydrogen-bond acceptors (Lipinski definition) is 3. The number of Topliss-reactive ketones (excluding diaryl/α,β-unsaturated/α-hetero) is 2. The molecule has 0 saturated heterocycles. The Morgan fingerprint density at radius 2 is 2.12 bits per heavy atom. The van der Waals surface area contributed by atoms with Crippen LogP contribution >= 0.6 is 11.6 Å². The molecule has 0 bridgehead atoms. The minimum Gasteiger partial charge on any atom is -0.326 e. The Bertz CT molecular complexity index is 524. The Labute approximate surface area is 103 Å². The van der Waals surface area contributed by atoms with Gasteiger partial charge in [-0.15, -0.1) is 11.6 Å². The summed E-state index contributed by atoms with van der Waals surface area (Å²) in [5.74, 6) is -0.911. The van der Waals surface area contributed by atoms with Crippen molar-refractivity contribution in [1.82, 2.24) is 0 Å². The van der Waals surface area contributed by atoms with Crippen LogP contribution in [0.25, 0.3) is 0 Å². The third-order valence-corrected chi connectivity index (χ3v) is 3.11. The van der Waals surface area contributed by atoms with Gasteiger partial charge in [-0.1, -0.05) is 0 Å². The number of carbonyl (C=O) groups excluding carboxylic acids is 3. The molecule has 0 aliphatic carbocycles. The highest BCUT2D eigenvalue weighted by Gasteiger charge is 2.24. The second-order valence-corrected chi connectivity index (χ2v) is 4.37. The highest BCUT2D eigenvalue weighted by molar-refractivity contribution is 6.44. The summed E-state index contributed by atoms with van der Waals surface area (Å²) in [6.45, 7) is 1.27. The summed E-state index contributed by atoms with van der Waals surface area (Å²) in [6, 6.07) is 4.82. The molecule has 17 heavy (non-hydrogen) atoms. The second-order valence-electron chi connectivity index (χ2n) is 3.93. The van der Waals surface area contributed by atoms with Crippen molar-refractivity contribution in [3.8, 4) is 0 Å². The fraction of sp³-hybridized carbons (Fsp3) is 0.250. The second kappa shape index (κ2) is 4.30. The third kappa shape index (κ3) is 2.22. The van der Waals surface area contributed by atoms with Gasteiger partial charge >= 0.3 is 0 Å². The number of halogens is 1. The number of carbonyl (C=O) groups is 3. The molecule has 88 valence electrons. The molecule has 4 nitrogen and oxygen atoms in total. The van der Waals surface area contributed by atoms with Gasteiger partial charge in [0.25, 0.3) is 0 Å². The highest BCUT2D eigenvalue weighted by atomic mass is 35.5. The zero-order valence-electron chi connectivity index (χ0n) is 9.12. The van der Waals surface area contributed by atoms with Crippen LogP contribution in [0.1, 0.15) is 22.8 Å². The van der Waals surface area contributed by atoms with Gasteiger partial charge in [0.1, 0.15) is 0 Å². The van der Waals surface area contributed by atoms with E-state index in [1.54, 1.807) is 18.2 Å². The standard InChI is InChI=1S/C12H10ClNO3/c1-6(15)11(13)12(17)7-2-3-9-8(4-7)5-10(16)14-9/h2-4,11H,5H2,1H3,(H,14,16). The van der Waals surface area contributed by atoms with Crippen LogP contribution in [-0.4, -0.2) is 22.9 Å². The van der Waals surface area contributed by atoms with Crippen molar-refractivity contribution in [2.45, 2.75) is 18.7 Å². The first-order valence-corrected chi connectivity index (χ1v) is 5.54. The van der Waals surface area contributed by atoms with Gasteiger partial charge in [-0.05, 0) is 30.7 Å². The van der Waals surface area contributed by atoms with Crippen molar-refractivity contribution in [2.24, 2.45) is 0 Å². The van der Waals surface area contributed by atoms with E-state index >= 15 is 0 Å². The fourth-order valence-corrected chi connectivity index (χ4v) is 1.84. The number of fused-ring (bicyclic) bond motifs is 1. The average Bonchev–Trinajstić information content (AvgIpc) is 2.65. The van der Waals surface area contributed by atoms with E-state index < -0.39 is 11.2 Å². The Hall–Kier alpha value is -1.68. The molecule has 1 amide bonds. The molecule has 0 aromatic heterocycles. The van der Waals surface area contributed by atoms with E-state index in [-0.39, 0.29) is 18.1 Å². The van der Waals surface area contributed by atoms with Gasteiger partial charge in [0, 0.05) is 11.3 Å². The molecule has 1 unspecified atom stereocenters. The molecule has 1 aliphatic heterocycles. The maximum atomic E-state index is 11.8. The summed E-state index contributed by atoms with van der Waals surface area (Å²) in [6.07, 6.45) is 0.253. The minimum atomic E-state index is -1.15. The maximum absolute atomic E-state index is 11.8. The number of anilines is 1. The molecule has 1 atom stereocenters. The van der Waals surface area contributed by atoms with Crippen LogP contribution in [0.3, 0.4) is 0 Å². The summed E-state index contributed by atoms with van der Waals surface area (Å²) in [5.41, 5.74) is 1.82. The zero-order chi connectivity index (χ0) is 12.6. The van der Waals surface area contributed by atoms with Crippen LogP contribution in [0.5, 0.6) is 0 Å². The van der Waals surface area contributed by atoms with Crippen molar-refractivity contribution in [3.05, 3.63) is 29.3 Å². The van der Waals surface area contributed by atoms with Crippen LogP contribution in [0.4, 0.5) is 5.69 Å². The number of rotatable bonds is 3. The lowest BCUT2D eigenvalue weighted by atomic mass is 10.0. The largest absolute Gasteiger partial charge is 0.326 e. The van der Waals surface area contributed by atoms with Gasteiger partial charge in [-0.2, -0.15) is 0 Å². The van der Waals surface area contributed by atoms with Crippen LogP contribution < -0.4 is 5.32 Å². The summed E-state index contributed by atoms with van der Waals surface area (Å²) < 4.78 is 0. The summed E-state index contributed by atoms with van der Waals surface area (Å²) in [4.78, 5) is 34.0. The monoisotopic (exact) mass is 251 g/mol. The average molecular weight is 252 g/mol. The Morgan fingerprint density at radius 3 is 2.76 bits per heavy atom. The fourth-order valence-electron chi connectivity index (χ4n) is 1.71. The molecule has 2 rings (SSSR count). The van der Waals surface area contributed by atoms with Gasteiger partial charge in [-0.3, -0.25) is 14.4 Å². The van der Waals surface area contributed by atoms with Gasteiger partial charge in [0.15, 0.2) is 16.9 Å². The van der Waals surface area contributed by atoms with Crippen LogP contribution in [0.15, 0.2) is 18.2 Å². The Balaban J connectivity index is 2.30. The topological polar surface area (TPSA) is 63.2 Å². The lowest BCUT2D eigenvalue weighted by Gasteiger charge is -2.06. The summed E-state index contributed by atoms with van der Waals surface area (Å²) in [5, 5.41) is 1.51. The highest BCUT2D eigenvalue weighted by Crippen LogP contribution is 2.24. The van der Waals surface area contributed by atoms with Crippen molar-refractivity contribution < 1.29 is 14.4 Å². The first kappa shape index (κ1) is 11.8. The number of hydrogen-bond donors (Lipinski definition) is 1. The van der Waals surface area contributed by atoms with Crippen LogP contribution in [0.2, 0.25) is 0 Å². The molecular weight excluding hydrogens is 242 g/mol. The lowest BCUT2D eigenvalue weighted by molar-refractivity contribution is -0.116. The molecule has 1 N–H and O–H groups in total. The quantitative estimate of drug-likeness (QED) is 0.504. The SMILES string of the molecule is CC(=O)C(Cl)C(=O)c1ccc2c(c1)CC(=O)N2. The molecule has 0 fully saturated rings. The van der Waals surface area contributed by atoms with E-state index in [1.807, 2.05) is 0 Å². The molecule has 0 saturated carbocycles. The molecule has 0 radical (unpaired) electrons. The van der Waals surface area contributed by atoms with Crippen molar-refractivity contribution in [1.29, 1.82) is 0 Å². The molecular formula is C12H10ClNO3. The summed E-state index contributed by atoms with van der Waals surface area (Å²) in [7, 11) is 0. The van der Waals surface area contributed by atoms with E-state index in [2.05, 4.69) is 5.32 Å². The van der Waals surface area contributed by atoms with Crippen molar-refractivity contribution in [3.63, 3.8) is 0 Å². The summed E-state index contributed by atoms with van der Waals surface area (Å²) >= 11 is 5.70. The van der Waals surface area contributed by atoms with E-state index in [9.17, 15) is 14.4 Å². The maximum Gasteiger partial charge on any atom is 0.228 e. The molecule has 5 heteroatoms. The van der Waals surface area contributed by atoms with E-state index in [0.29, 0.717) is 11.3 Å². The molecule has 1 heterocycles. The van der Waals surface area contributed by atoms with Crippen molar-refractivity contribution in [2.75, 3.05) is 5.32 Å². The van der Waals surface area contributed by atoms with Crippen LogP contribution in [-0.2, 0) is 16.0 Å². The van der Waals surface area contributed by atoms with Gasteiger partial charge in [0.05, 0.1) is 6.42 Å². The molecule has 0 spiro atoms. The number of alkyl halides is 1. The van der Waals surface area contributed by atoms with Crippen molar-refractivity contribution >= 4 is 34.8 Å². The first-order chi connectivity index (χ1) is 7.99. The predicted molar refractivity (Wildman–Crippen MR) is 63.4 cm³/mol. The van der Waals surface area contributed by atoms with Gasteiger partial charge < -0.3 is 5.32 Å². The molecule has 1 aromatic carbocycles. The number of nitrogens with one attached hydrogen (secondary N) is 1. The predicted octanol–water partition coefficient (Wildman–Crippen LogP) is 1.56. The normalized spacial score (nSPS) is 15.1. The van der Waals surface area contributed by atoms with E-state index in [1.165, 1.54) is 6.92 Å². The number of ketones is 2. The van der Waals surface area contributed by atoms with E-state index in [0.717, 1.165) is 5.56 Å². The van der Waals surface area contributed by atoms with E-state index in [4.69, 9.17) is 11.6 Å². The Kier molecular flexibility index (Phi) is 2.98. The Morgan fingerprint density at radius 1 is 1.41 bits per heavy atom. The number of benzene rings is 1. The lowest BCUT2D eigenvalue weighted by Crippen LogP contribution is -2.22.